The van der Waals surface area contributed by atoms with Gasteiger partial charge in [0.1, 0.15) is 23.4 Å². The minimum absolute atomic E-state index is 0.0230. The van der Waals surface area contributed by atoms with Gasteiger partial charge in [-0.05, 0) is 37.7 Å². The lowest BCUT2D eigenvalue weighted by molar-refractivity contribution is -0.143. The van der Waals surface area contributed by atoms with Gasteiger partial charge in [0.15, 0.2) is 0 Å². The number of imidazole rings is 1. The van der Waals surface area contributed by atoms with E-state index < -0.39 is 5.97 Å². The zero-order chi connectivity index (χ0) is 18.1. The van der Waals surface area contributed by atoms with Crippen LogP contribution in [0.3, 0.4) is 0 Å². The molecule has 3 heterocycles. The summed E-state index contributed by atoms with van der Waals surface area (Å²) in [6.45, 7) is 0. The number of aromatic nitrogens is 4. The number of carbonyl (C=O) groups is 1. The molecule has 0 atom stereocenters. The lowest BCUT2D eigenvalue weighted by atomic mass is 9.84. The number of pyridine rings is 1. The fourth-order valence-corrected chi connectivity index (χ4v) is 4.07. The average Bonchev–Trinajstić information content (AvgIpc) is 3.26. The van der Waals surface area contributed by atoms with Crippen LogP contribution in [-0.4, -0.2) is 25.5 Å². The van der Waals surface area contributed by atoms with Crippen LogP contribution in [0.5, 0.6) is 0 Å². The second-order valence-corrected chi connectivity index (χ2v) is 6.83. The van der Waals surface area contributed by atoms with Gasteiger partial charge in [-0.3, -0.25) is 0 Å². The third-order valence-corrected chi connectivity index (χ3v) is 5.30. The van der Waals surface area contributed by atoms with Crippen LogP contribution < -0.4 is 5.90 Å². The van der Waals surface area contributed by atoms with Crippen LogP contribution in [0.4, 0.5) is 0 Å². The molecule has 1 aliphatic rings. The van der Waals surface area contributed by atoms with E-state index in [-0.39, 0.29) is 12.5 Å². The molecule has 26 heavy (non-hydrogen) atoms. The Hall–Kier alpha value is -2.92. The molecule has 3 aromatic rings. The lowest BCUT2D eigenvalue weighted by Gasteiger charge is -2.29. The van der Waals surface area contributed by atoms with Crippen LogP contribution in [0.2, 0.25) is 0 Å². The van der Waals surface area contributed by atoms with Gasteiger partial charge >= 0.3 is 5.97 Å². The maximum atomic E-state index is 11.8. The van der Waals surface area contributed by atoms with E-state index in [4.69, 9.17) is 11.2 Å². The van der Waals surface area contributed by atoms with Crippen molar-refractivity contribution in [3.8, 4) is 6.07 Å². The van der Waals surface area contributed by atoms with E-state index in [1.807, 2.05) is 12.3 Å². The number of hydrogen-bond donors (Lipinski definition) is 2. The summed E-state index contributed by atoms with van der Waals surface area (Å²) >= 11 is 0. The first kappa shape index (κ1) is 16.5. The molecule has 8 nitrogen and oxygen atoms in total. The van der Waals surface area contributed by atoms with E-state index in [9.17, 15) is 4.79 Å². The summed E-state index contributed by atoms with van der Waals surface area (Å²) < 4.78 is 2.16. The molecule has 134 valence electrons. The zero-order valence-corrected chi connectivity index (χ0v) is 14.3. The van der Waals surface area contributed by atoms with Crippen molar-refractivity contribution < 1.29 is 9.63 Å². The monoisotopic (exact) mass is 352 g/mol. The molecule has 0 bridgehead atoms. The van der Waals surface area contributed by atoms with Crippen LogP contribution in [0.15, 0.2) is 18.5 Å². The second kappa shape index (κ2) is 6.77. The molecule has 0 saturated heterocycles. The van der Waals surface area contributed by atoms with Gasteiger partial charge in [-0.2, -0.15) is 11.2 Å². The Morgan fingerprint density at radius 2 is 2.23 bits per heavy atom. The van der Waals surface area contributed by atoms with E-state index in [1.54, 1.807) is 6.20 Å². The fourth-order valence-electron chi connectivity index (χ4n) is 4.07. The van der Waals surface area contributed by atoms with Crippen molar-refractivity contribution >= 4 is 28.0 Å². The van der Waals surface area contributed by atoms with Gasteiger partial charge in [-0.25, -0.2) is 14.8 Å². The Kier molecular flexibility index (Phi) is 4.31. The number of fused-ring (bicyclic) bond motifs is 3. The van der Waals surface area contributed by atoms with Crippen LogP contribution in [-0.2, 0) is 16.1 Å². The van der Waals surface area contributed by atoms with Crippen molar-refractivity contribution in [1.29, 1.82) is 5.26 Å². The summed E-state index contributed by atoms with van der Waals surface area (Å²) in [6.07, 6.45) is 8.12. The van der Waals surface area contributed by atoms with E-state index in [0.717, 1.165) is 47.8 Å². The zero-order valence-electron chi connectivity index (χ0n) is 14.3. The second-order valence-electron chi connectivity index (χ2n) is 6.83. The van der Waals surface area contributed by atoms with Crippen molar-refractivity contribution in [2.45, 2.75) is 44.6 Å². The molecule has 1 saturated carbocycles. The molecule has 0 aliphatic heterocycles. The van der Waals surface area contributed by atoms with Gasteiger partial charge in [0.25, 0.3) is 0 Å². The molecule has 4 rings (SSSR count). The predicted octanol–water partition coefficient (Wildman–Crippen LogP) is 2.52. The van der Waals surface area contributed by atoms with E-state index in [0.29, 0.717) is 18.2 Å². The molecule has 3 N–H and O–H groups in total. The molecule has 0 unspecified atom stereocenters. The third kappa shape index (κ3) is 2.80. The Morgan fingerprint density at radius 3 is 2.96 bits per heavy atom. The normalized spacial score (nSPS) is 20.3. The lowest BCUT2D eigenvalue weighted by Crippen LogP contribution is -2.22. The summed E-state index contributed by atoms with van der Waals surface area (Å²) in [5.74, 6) is 5.62. The topological polar surface area (TPSA) is 123 Å². The highest BCUT2D eigenvalue weighted by Gasteiger charge is 2.27. The maximum absolute atomic E-state index is 11.8. The van der Waals surface area contributed by atoms with Gasteiger partial charge in [-0.15, -0.1) is 0 Å². The molecule has 0 amide bonds. The molecule has 1 aliphatic carbocycles. The van der Waals surface area contributed by atoms with Gasteiger partial charge in [0.05, 0.1) is 17.8 Å². The molecule has 1 fully saturated rings. The van der Waals surface area contributed by atoms with E-state index in [1.165, 1.54) is 0 Å². The minimum atomic E-state index is -0.516. The van der Waals surface area contributed by atoms with Gasteiger partial charge in [0, 0.05) is 24.0 Å². The number of aromatic amines is 1. The highest BCUT2D eigenvalue weighted by Crippen LogP contribution is 2.37. The fraction of sp³-hybridized carbons (Fsp3) is 0.444. The molecule has 8 heteroatoms. The quantitative estimate of drug-likeness (QED) is 0.696. The highest BCUT2D eigenvalue weighted by molar-refractivity contribution is 6.01. The summed E-state index contributed by atoms with van der Waals surface area (Å²) in [5, 5.41) is 9.92. The predicted molar refractivity (Wildman–Crippen MR) is 94.6 cm³/mol. The standard InChI is InChI=1S/C18H20N6O2/c19-7-5-11-1-3-12(4-2-11)24-15(9-16(25)26-20)23-14-10-22-18-13(17(14)24)6-8-21-18/h6,8,10-12H,1-5,9,20H2,(H,21,22). The number of nitrogens with two attached hydrogens (primary N) is 1. The smallest absolute Gasteiger partial charge is 0.331 e. The van der Waals surface area contributed by atoms with E-state index in [2.05, 4.69) is 30.4 Å². The molecule has 0 spiro atoms. The highest BCUT2D eigenvalue weighted by atomic mass is 16.7. The largest absolute Gasteiger partial charge is 0.373 e. The van der Waals surface area contributed by atoms with Gasteiger partial charge < -0.3 is 14.4 Å². The molecule has 3 aromatic heterocycles. The van der Waals surface area contributed by atoms with Crippen molar-refractivity contribution in [3.63, 3.8) is 0 Å². The first-order valence-electron chi connectivity index (χ1n) is 8.80. The summed E-state index contributed by atoms with van der Waals surface area (Å²) in [4.78, 5) is 28.3. The molecule has 0 radical (unpaired) electrons. The number of rotatable bonds is 4. The first-order chi connectivity index (χ1) is 12.7. The van der Waals surface area contributed by atoms with Crippen molar-refractivity contribution in [2.24, 2.45) is 11.8 Å². The van der Waals surface area contributed by atoms with Crippen molar-refractivity contribution in [1.82, 2.24) is 19.5 Å². The number of H-pyrrole nitrogens is 1. The summed E-state index contributed by atoms with van der Waals surface area (Å²) in [5.41, 5.74) is 2.54. The molecular formula is C18H20N6O2. The van der Waals surface area contributed by atoms with Crippen LogP contribution in [0, 0.1) is 17.2 Å². The third-order valence-electron chi connectivity index (χ3n) is 5.30. The van der Waals surface area contributed by atoms with Crippen LogP contribution in [0.1, 0.15) is 44.0 Å². The Labute approximate surface area is 149 Å². The SMILES string of the molecule is N#CCC1CCC(n2c(CC(=O)ON)nc3cnc4[nH]ccc4c32)CC1. The summed E-state index contributed by atoms with van der Waals surface area (Å²) in [6, 6.07) is 4.49. The van der Waals surface area contributed by atoms with Crippen LogP contribution in [0.25, 0.3) is 22.1 Å². The van der Waals surface area contributed by atoms with E-state index >= 15 is 0 Å². The Morgan fingerprint density at radius 1 is 1.42 bits per heavy atom. The average molecular weight is 352 g/mol. The maximum Gasteiger partial charge on any atom is 0.331 e. The van der Waals surface area contributed by atoms with Gasteiger partial charge in [0.2, 0.25) is 0 Å². The number of carbonyl (C=O) groups excluding carboxylic acids is 1. The Bertz CT molecular complexity index is 990. The van der Waals surface area contributed by atoms with Crippen molar-refractivity contribution in [2.75, 3.05) is 0 Å². The van der Waals surface area contributed by atoms with Crippen molar-refractivity contribution in [3.05, 3.63) is 24.3 Å². The number of hydrogen-bond acceptors (Lipinski definition) is 6. The number of nitrogens with zero attached hydrogens (tertiary/aromatic N) is 4. The van der Waals surface area contributed by atoms with Gasteiger partial charge in [-0.1, -0.05) is 0 Å². The van der Waals surface area contributed by atoms with Crippen LogP contribution >= 0.6 is 0 Å². The molecular weight excluding hydrogens is 332 g/mol. The first-order valence-corrected chi connectivity index (χ1v) is 8.80. The number of nitrogens with one attached hydrogen (secondary N) is 1. The minimum Gasteiger partial charge on any atom is -0.373 e. The Balaban J connectivity index is 1.79. The summed E-state index contributed by atoms with van der Waals surface area (Å²) in [7, 11) is 0. The molecule has 0 aromatic carbocycles. The number of nitriles is 1.